The van der Waals surface area contributed by atoms with E-state index >= 15 is 0 Å². The zero-order valence-electron chi connectivity index (χ0n) is 20.0. The van der Waals surface area contributed by atoms with Gasteiger partial charge < -0.3 is 15.0 Å². The number of anilines is 1. The first kappa shape index (κ1) is 25.0. The Bertz CT molecular complexity index is 1300. The van der Waals surface area contributed by atoms with E-state index in [1.54, 1.807) is 18.2 Å². The Morgan fingerprint density at radius 1 is 1.08 bits per heavy atom. The number of rotatable bonds is 7. The van der Waals surface area contributed by atoms with Crippen LogP contribution in [-0.2, 0) is 22.6 Å². The number of fused-ring (bicyclic) bond motifs is 1. The summed E-state index contributed by atoms with van der Waals surface area (Å²) in [7, 11) is 0. The van der Waals surface area contributed by atoms with Crippen LogP contribution < -0.4 is 15.8 Å². The lowest BCUT2D eigenvalue weighted by Gasteiger charge is -2.37. The van der Waals surface area contributed by atoms with E-state index in [1.807, 2.05) is 18.2 Å². The molecule has 0 radical (unpaired) electrons. The smallest absolute Gasteiger partial charge is 0.261 e. The minimum absolute atomic E-state index is 0.114. The number of benzene rings is 2. The summed E-state index contributed by atoms with van der Waals surface area (Å²) in [6.45, 7) is 6.81. The van der Waals surface area contributed by atoms with Gasteiger partial charge in [0.15, 0.2) is 0 Å². The molecule has 5 rings (SSSR count). The Balaban J connectivity index is 1.22. The van der Waals surface area contributed by atoms with Crippen LogP contribution in [0.4, 0.5) is 5.69 Å². The molecule has 3 heterocycles. The van der Waals surface area contributed by atoms with E-state index < -0.39 is 0 Å². The topological polar surface area (TPSA) is 79.7 Å². The number of ether oxygens (including phenoxy) is 1. The normalized spacial score (nSPS) is 18.6. The van der Waals surface area contributed by atoms with Crippen LogP contribution in [0.1, 0.15) is 12.0 Å². The highest BCUT2D eigenvalue weighted by molar-refractivity contribution is 6.42. The van der Waals surface area contributed by atoms with E-state index in [9.17, 15) is 9.59 Å². The Kier molecular flexibility index (Phi) is 7.76. The highest BCUT2D eigenvalue weighted by Crippen LogP contribution is 2.23. The molecule has 2 aliphatic heterocycles. The number of piperazine rings is 1. The number of halogens is 2. The lowest BCUT2D eigenvalue weighted by Crippen LogP contribution is -2.47. The largest absolute Gasteiger partial charge is 0.381 e. The molecule has 2 aromatic carbocycles. The van der Waals surface area contributed by atoms with Gasteiger partial charge in [-0.3, -0.25) is 19.1 Å². The SMILES string of the molecule is O=C(Cn1cnc2ccc(N3CCN(CC4CCOC4)CC3)cc2c1=O)NCc1ccc(Cl)c(Cl)c1. The summed E-state index contributed by atoms with van der Waals surface area (Å²) in [5.41, 5.74) is 2.22. The van der Waals surface area contributed by atoms with Crippen LogP contribution in [0.3, 0.4) is 0 Å². The quantitative estimate of drug-likeness (QED) is 0.506. The first-order chi connectivity index (χ1) is 17.5. The van der Waals surface area contributed by atoms with Gasteiger partial charge >= 0.3 is 0 Å². The van der Waals surface area contributed by atoms with Gasteiger partial charge in [0.25, 0.3) is 5.56 Å². The van der Waals surface area contributed by atoms with Crippen LogP contribution in [-0.4, -0.2) is 66.3 Å². The molecule has 8 nitrogen and oxygen atoms in total. The summed E-state index contributed by atoms with van der Waals surface area (Å²) in [6, 6.07) is 11.0. The molecule has 1 unspecified atom stereocenters. The highest BCUT2D eigenvalue weighted by atomic mass is 35.5. The summed E-state index contributed by atoms with van der Waals surface area (Å²) in [5.74, 6) is 0.354. The summed E-state index contributed by atoms with van der Waals surface area (Å²) in [4.78, 5) is 34.9. The van der Waals surface area contributed by atoms with Crippen molar-refractivity contribution in [1.29, 1.82) is 0 Å². The standard InChI is InChI=1S/C26H29Cl2N5O3/c27-22-3-1-18(11-23(22)28)13-29-25(34)15-33-17-30-24-4-2-20(12-21(24)26(33)35)32-8-6-31(7-9-32)14-19-5-10-36-16-19/h1-4,11-12,17,19H,5-10,13-16H2,(H,29,34). The van der Waals surface area contributed by atoms with Crippen molar-refractivity contribution in [2.24, 2.45) is 5.92 Å². The third kappa shape index (κ3) is 5.83. The summed E-state index contributed by atoms with van der Waals surface area (Å²) in [5, 5.41) is 4.21. The average molecular weight is 530 g/mol. The monoisotopic (exact) mass is 529 g/mol. The van der Waals surface area contributed by atoms with Gasteiger partial charge in [0.05, 0.1) is 33.9 Å². The summed E-state index contributed by atoms with van der Waals surface area (Å²) >= 11 is 12.0. The summed E-state index contributed by atoms with van der Waals surface area (Å²) < 4.78 is 6.85. The molecule has 2 aliphatic rings. The molecule has 0 spiro atoms. The highest BCUT2D eigenvalue weighted by Gasteiger charge is 2.23. The van der Waals surface area contributed by atoms with Crippen molar-refractivity contribution < 1.29 is 9.53 Å². The van der Waals surface area contributed by atoms with Crippen LogP contribution in [0, 0.1) is 5.92 Å². The minimum atomic E-state index is -0.288. The van der Waals surface area contributed by atoms with Crippen LogP contribution in [0.2, 0.25) is 10.0 Å². The fourth-order valence-electron chi connectivity index (χ4n) is 4.80. The molecular formula is C26H29Cl2N5O3. The van der Waals surface area contributed by atoms with Gasteiger partial charge in [-0.2, -0.15) is 0 Å². The maximum atomic E-state index is 13.2. The Hall–Kier alpha value is -2.65. The molecule has 1 aromatic heterocycles. The van der Waals surface area contributed by atoms with E-state index in [-0.39, 0.29) is 24.6 Å². The van der Waals surface area contributed by atoms with Gasteiger partial charge in [-0.15, -0.1) is 0 Å². The fraction of sp³-hybridized carbons (Fsp3) is 0.423. The van der Waals surface area contributed by atoms with Crippen molar-refractivity contribution in [3.63, 3.8) is 0 Å². The average Bonchev–Trinajstić information content (AvgIpc) is 3.40. The van der Waals surface area contributed by atoms with E-state index in [4.69, 9.17) is 27.9 Å². The molecule has 10 heteroatoms. The summed E-state index contributed by atoms with van der Waals surface area (Å²) in [6.07, 6.45) is 2.58. The van der Waals surface area contributed by atoms with Crippen LogP contribution in [0.25, 0.3) is 10.9 Å². The number of aromatic nitrogens is 2. The van der Waals surface area contributed by atoms with Crippen molar-refractivity contribution in [3.8, 4) is 0 Å². The first-order valence-electron chi connectivity index (χ1n) is 12.2. The van der Waals surface area contributed by atoms with Crippen molar-refractivity contribution in [1.82, 2.24) is 19.8 Å². The third-order valence-corrected chi connectivity index (χ3v) is 7.61. The van der Waals surface area contributed by atoms with Gasteiger partial charge in [-0.1, -0.05) is 29.3 Å². The molecule has 0 saturated carbocycles. The maximum Gasteiger partial charge on any atom is 0.261 e. The molecular weight excluding hydrogens is 501 g/mol. The zero-order chi connectivity index (χ0) is 25.1. The van der Waals surface area contributed by atoms with Gasteiger partial charge in [0.2, 0.25) is 5.91 Å². The predicted molar refractivity (Wildman–Crippen MR) is 142 cm³/mol. The van der Waals surface area contributed by atoms with Gasteiger partial charge in [-0.05, 0) is 48.2 Å². The molecule has 2 fully saturated rings. The molecule has 0 bridgehead atoms. The maximum absolute atomic E-state index is 13.2. The molecule has 1 amide bonds. The second-order valence-electron chi connectivity index (χ2n) is 9.42. The Morgan fingerprint density at radius 2 is 1.92 bits per heavy atom. The van der Waals surface area contributed by atoms with Crippen LogP contribution in [0.5, 0.6) is 0 Å². The molecule has 3 aromatic rings. The molecule has 1 N–H and O–H groups in total. The minimum Gasteiger partial charge on any atom is -0.381 e. The van der Waals surface area contributed by atoms with Crippen molar-refractivity contribution >= 4 is 45.7 Å². The van der Waals surface area contributed by atoms with Crippen LogP contribution >= 0.6 is 23.2 Å². The van der Waals surface area contributed by atoms with E-state index in [0.717, 1.165) is 63.6 Å². The van der Waals surface area contributed by atoms with Gasteiger partial charge in [0.1, 0.15) is 6.54 Å². The second-order valence-corrected chi connectivity index (χ2v) is 10.2. The van der Waals surface area contributed by atoms with E-state index in [0.29, 0.717) is 26.9 Å². The number of carbonyl (C=O) groups excluding carboxylic acids is 1. The Labute approximate surface area is 219 Å². The predicted octanol–water partition coefficient (Wildman–Crippen LogP) is 3.18. The number of carbonyl (C=O) groups is 1. The van der Waals surface area contributed by atoms with E-state index in [2.05, 4.69) is 20.1 Å². The number of hydrogen-bond donors (Lipinski definition) is 1. The van der Waals surface area contributed by atoms with Crippen LogP contribution in [0.15, 0.2) is 47.5 Å². The van der Waals surface area contributed by atoms with Crippen molar-refractivity contribution in [2.75, 3.05) is 50.8 Å². The lowest BCUT2D eigenvalue weighted by molar-refractivity contribution is -0.121. The fourth-order valence-corrected chi connectivity index (χ4v) is 5.12. The zero-order valence-corrected chi connectivity index (χ0v) is 21.5. The van der Waals surface area contributed by atoms with Crippen molar-refractivity contribution in [3.05, 3.63) is 68.7 Å². The molecule has 0 aliphatic carbocycles. The number of hydrogen-bond acceptors (Lipinski definition) is 6. The van der Waals surface area contributed by atoms with Gasteiger partial charge in [0, 0.05) is 51.6 Å². The second kappa shape index (κ2) is 11.2. The lowest BCUT2D eigenvalue weighted by atomic mass is 10.1. The number of amides is 1. The molecule has 2 saturated heterocycles. The van der Waals surface area contributed by atoms with Crippen molar-refractivity contribution in [2.45, 2.75) is 19.5 Å². The molecule has 36 heavy (non-hydrogen) atoms. The number of nitrogens with one attached hydrogen (secondary N) is 1. The first-order valence-corrected chi connectivity index (χ1v) is 13.0. The Morgan fingerprint density at radius 3 is 2.67 bits per heavy atom. The molecule has 190 valence electrons. The van der Waals surface area contributed by atoms with E-state index in [1.165, 1.54) is 10.9 Å². The molecule has 1 atom stereocenters. The van der Waals surface area contributed by atoms with Gasteiger partial charge in [-0.25, -0.2) is 4.98 Å². The number of nitrogens with zero attached hydrogens (tertiary/aromatic N) is 4. The third-order valence-electron chi connectivity index (χ3n) is 6.87.